The molecule has 1 N–H and O–H groups in total. The van der Waals surface area contributed by atoms with E-state index < -0.39 is 32.2 Å². The number of rotatable bonds is 9. The molecule has 2 heterocycles. The molecule has 0 aliphatic rings. The smallest absolute Gasteiger partial charge is 0.241 e. The van der Waals surface area contributed by atoms with Gasteiger partial charge in [-0.05, 0) is 41.0 Å². The maximum absolute atomic E-state index is 13.7. The zero-order valence-corrected chi connectivity index (χ0v) is 22.4. The van der Waals surface area contributed by atoms with Gasteiger partial charge in [0.1, 0.15) is 10.8 Å². The van der Waals surface area contributed by atoms with Gasteiger partial charge in [-0.3, -0.25) is 4.21 Å². The number of sulfone groups is 1. The first-order valence-corrected chi connectivity index (χ1v) is 14.9. The van der Waals surface area contributed by atoms with Gasteiger partial charge in [0.2, 0.25) is 11.8 Å². The Kier molecular flexibility index (Phi) is 7.66. The number of nitrogens with one attached hydrogen (secondary N) is 1. The number of hydrogen-bond acceptors (Lipinski definition) is 9. The Morgan fingerprint density at radius 3 is 2.55 bits per heavy atom. The minimum Gasteiger partial charge on any atom is -0.760 e. The minimum absolute atomic E-state index is 0.0119. The van der Waals surface area contributed by atoms with E-state index in [-0.39, 0.29) is 34.1 Å². The third-order valence-electron chi connectivity index (χ3n) is 5.50. The van der Waals surface area contributed by atoms with Crippen molar-refractivity contribution in [2.24, 2.45) is 0 Å². The van der Waals surface area contributed by atoms with Crippen LogP contribution >= 0.6 is 22.9 Å². The molecule has 0 bridgehead atoms. The molecule has 14 heteroatoms. The molecular formula is C24H17ClFN4O5S3-. The molecule has 2 aromatic heterocycles. The van der Waals surface area contributed by atoms with Gasteiger partial charge in [-0.15, -0.1) is 21.5 Å². The third-order valence-corrected chi connectivity index (χ3v) is 9.28. The minimum atomic E-state index is -3.97. The molecule has 0 amide bonds. The topological polar surface area (TPSA) is 138 Å². The Labute approximate surface area is 228 Å². The van der Waals surface area contributed by atoms with Crippen molar-refractivity contribution >= 4 is 54.3 Å². The Hall–Kier alpha value is -3.07. The molecule has 5 aromatic rings. The van der Waals surface area contributed by atoms with Crippen molar-refractivity contribution in [2.45, 2.75) is 17.5 Å². The monoisotopic (exact) mass is 591 g/mol. The maximum atomic E-state index is 13.7. The average Bonchev–Trinajstić information content (AvgIpc) is 3.51. The van der Waals surface area contributed by atoms with Crippen LogP contribution in [0.3, 0.4) is 0 Å². The van der Waals surface area contributed by atoms with E-state index in [1.165, 1.54) is 12.1 Å². The van der Waals surface area contributed by atoms with Crippen molar-refractivity contribution in [2.75, 3.05) is 0 Å². The fraction of sp³-hybridized carbons (Fsp3) is 0.125. The van der Waals surface area contributed by atoms with Crippen LogP contribution in [0.2, 0.25) is 5.02 Å². The highest BCUT2D eigenvalue weighted by Crippen LogP contribution is 2.38. The zero-order valence-electron chi connectivity index (χ0n) is 19.2. The van der Waals surface area contributed by atoms with Crippen molar-refractivity contribution in [1.82, 2.24) is 19.9 Å². The lowest BCUT2D eigenvalue weighted by molar-refractivity contribution is 0.440. The normalized spacial score (nSPS) is 13.6. The number of thiazole rings is 1. The highest BCUT2D eigenvalue weighted by Gasteiger charge is 2.37. The van der Waals surface area contributed by atoms with Gasteiger partial charge in [0.25, 0.3) is 0 Å². The van der Waals surface area contributed by atoms with Gasteiger partial charge in [0, 0.05) is 11.3 Å². The molecule has 0 aliphatic carbocycles. The van der Waals surface area contributed by atoms with Gasteiger partial charge in [0.05, 0.1) is 27.5 Å². The van der Waals surface area contributed by atoms with Crippen LogP contribution in [-0.2, 0) is 33.4 Å². The van der Waals surface area contributed by atoms with Crippen LogP contribution < -0.4 is 4.72 Å². The molecule has 196 valence electrons. The average molecular weight is 592 g/mol. The van der Waals surface area contributed by atoms with Crippen LogP contribution in [-0.4, -0.2) is 32.4 Å². The summed E-state index contributed by atoms with van der Waals surface area (Å²) >= 11 is 4.52. The van der Waals surface area contributed by atoms with Crippen LogP contribution in [0, 0.1) is 5.82 Å². The van der Waals surface area contributed by atoms with Crippen molar-refractivity contribution in [3.05, 3.63) is 99.9 Å². The first kappa shape index (κ1) is 26.5. The van der Waals surface area contributed by atoms with Gasteiger partial charge in [-0.25, -0.2) is 22.5 Å². The second kappa shape index (κ2) is 11.0. The van der Waals surface area contributed by atoms with Gasteiger partial charge in [-0.1, -0.05) is 54.1 Å². The first-order chi connectivity index (χ1) is 18.2. The summed E-state index contributed by atoms with van der Waals surface area (Å²) in [4.78, 5) is 4.56. The molecule has 0 saturated heterocycles. The number of nitrogens with zero attached hydrogens (tertiary/aromatic N) is 3. The fourth-order valence-electron chi connectivity index (χ4n) is 3.78. The van der Waals surface area contributed by atoms with Crippen molar-refractivity contribution < 1.29 is 26.0 Å². The van der Waals surface area contributed by atoms with E-state index >= 15 is 0 Å². The van der Waals surface area contributed by atoms with E-state index in [4.69, 9.17) is 16.0 Å². The molecule has 5 rings (SSSR count). The molecule has 0 saturated carbocycles. The molecule has 3 aromatic carbocycles. The van der Waals surface area contributed by atoms with E-state index in [9.17, 15) is 21.6 Å². The van der Waals surface area contributed by atoms with Crippen LogP contribution in [0.25, 0.3) is 21.3 Å². The summed E-state index contributed by atoms with van der Waals surface area (Å²) in [6.45, 7) is -0.294. The van der Waals surface area contributed by atoms with Crippen molar-refractivity contribution in [1.29, 1.82) is 0 Å². The van der Waals surface area contributed by atoms with E-state index in [0.29, 0.717) is 21.3 Å². The molecule has 9 nitrogen and oxygen atoms in total. The van der Waals surface area contributed by atoms with E-state index in [0.717, 1.165) is 16.9 Å². The summed E-state index contributed by atoms with van der Waals surface area (Å²) in [5, 5.41) is 6.52. The molecule has 0 radical (unpaired) electrons. The second-order valence-corrected chi connectivity index (χ2v) is 12.4. The Morgan fingerprint density at radius 2 is 1.82 bits per heavy atom. The number of halogens is 2. The standard InChI is InChI=1S/C24H18ClFN4O5S3/c25-17-10-15(6-8-18(17)26)16-7-9-19-20(11-16)36-24(28-19)22(23-30-29-21(35-23)12-27-37(31)32)38(33,34)13-14-4-2-1-3-5-14/h1-11,22,27H,12-13H2,(H,31,32)/p-1. The van der Waals surface area contributed by atoms with Gasteiger partial charge < -0.3 is 8.97 Å². The Morgan fingerprint density at radius 1 is 1.08 bits per heavy atom. The second-order valence-electron chi connectivity index (χ2n) is 8.13. The number of aromatic nitrogens is 3. The molecule has 2 unspecified atom stereocenters. The largest absolute Gasteiger partial charge is 0.760 e. The predicted octanol–water partition coefficient (Wildman–Crippen LogP) is 4.73. The van der Waals surface area contributed by atoms with Gasteiger partial charge >= 0.3 is 0 Å². The summed E-state index contributed by atoms with van der Waals surface area (Å²) < 4.78 is 71.0. The Bertz CT molecular complexity index is 1740. The lowest BCUT2D eigenvalue weighted by Crippen LogP contribution is -2.17. The highest BCUT2D eigenvalue weighted by atomic mass is 35.5. The predicted molar refractivity (Wildman–Crippen MR) is 141 cm³/mol. The van der Waals surface area contributed by atoms with Gasteiger partial charge in [0.15, 0.2) is 15.1 Å². The van der Waals surface area contributed by atoms with Crippen LogP contribution in [0.4, 0.5) is 4.39 Å². The van der Waals surface area contributed by atoms with Crippen molar-refractivity contribution in [3.63, 3.8) is 0 Å². The van der Waals surface area contributed by atoms with Gasteiger partial charge in [-0.2, -0.15) is 0 Å². The van der Waals surface area contributed by atoms with E-state index in [1.807, 2.05) is 6.07 Å². The molecule has 0 fully saturated rings. The zero-order chi connectivity index (χ0) is 26.9. The van der Waals surface area contributed by atoms with Crippen LogP contribution in [0.1, 0.15) is 27.6 Å². The lowest BCUT2D eigenvalue weighted by Gasteiger charge is -2.12. The lowest BCUT2D eigenvalue weighted by atomic mass is 10.1. The van der Waals surface area contributed by atoms with E-state index in [2.05, 4.69) is 19.9 Å². The third kappa shape index (κ3) is 5.82. The Balaban J connectivity index is 1.56. The van der Waals surface area contributed by atoms with Crippen LogP contribution in [0.5, 0.6) is 0 Å². The summed E-state index contributed by atoms with van der Waals surface area (Å²) in [6, 6.07) is 18.4. The molecule has 38 heavy (non-hydrogen) atoms. The van der Waals surface area contributed by atoms with Crippen molar-refractivity contribution in [3.8, 4) is 11.1 Å². The fourth-order valence-corrected chi connectivity index (χ4v) is 7.35. The summed E-state index contributed by atoms with van der Waals surface area (Å²) in [7, 11) is -3.97. The quantitative estimate of drug-likeness (QED) is 0.243. The maximum Gasteiger partial charge on any atom is 0.241 e. The number of benzene rings is 3. The number of hydrogen-bond donors (Lipinski definition) is 1. The molecular weight excluding hydrogens is 575 g/mol. The molecule has 2 atom stereocenters. The molecule has 0 aliphatic heterocycles. The summed E-state index contributed by atoms with van der Waals surface area (Å²) in [6.07, 6.45) is 0. The SMILES string of the molecule is O=S([O-])NCc1nnc(C(c2nc3ccc(-c4ccc(F)c(Cl)c4)cc3s2)S(=O)(=O)Cc2ccccc2)o1. The molecule has 0 spiro atoms. The van der Waals surface area contributed by atoms with Crippen LogP contribution in [0.15, 0.2) is 71.1 Å². The highest BCUT2D eigenvalue weighted by molar-refractivity contribution is 7.91. The van der Waals surface area contributed by atoms with E-state index in [1.54, 1.807) is 48.5 Å². The summed E-state index contributed by atoms with van der Waals surface area (Å²) in [5.74, 6) is -1.16. The summed E-state index contributed by atoms with van der Waals surface area (Å²) in [5.41, 5.74) is 2.55. The first-order valence-electron chi connectivity index (χ1n) is 11.0. The number of fused-ring (bicyclic) bond motifs is 1.